The zero-order valence-electron chi connectivity index (χ0n) is 29.6. The summed E-state index contributed by atoms with van der Waals surface area (Å²) in [7, 11) is -3.59. The molecule has 11 heteroatoms. The number of anilines is 1. The van der Waals surface area contributed by atoms with Crippen LogP contribution in [0.2, 0.25) is 0 Å². The highest BCUT2D eigenvalue weighted by atomic mass is 32.2. The molecule has 260 valence electrons. The summed E-state index contributed by atoms with van der Waals surface area (Å²) in [5.41, 5.74) is 5.08. The first-order chi connectivity index (χ1) is 22.1. The van der Waals surface area contributed by atoms with E-state index in [1.54, 1.807) is 0 Å². The first-order valence-electron chi connectivity index (χ1n) is 17.6. The minimum Gasteiger partial charge on any atom is -0.368 e. The maximum atomic E-state index is 13.9. The fourth-order valence-corrected chi connectivity index (χ4v) is 10.0. The zero-order chi connectivity index (χ0) is 33.6. The van der Waals surface area contributed by atoms with Crippen LogP contribution in [-0.2, 0) is 21.3 Å². The Morgan fingerprint density at radius 2 is 1.72 bits per heavy atom. The van der Waals surface area contributed by atoms with Gasteiger partial charge >= 0.3 is 0 Å². The van der Waals surface area contributed by atoms with E-state index < -0.39 is 21.6 Å². The minimum atomic E-state index is -3.59. The Labute approximate surface area is 282 Å². The maximum Gasteiger partial charge on any atom is 0.216 e. The summed E-state index contributed by atoms with van der Waals surface area (Å²) in [6.07, 6.45) is 7.88. The Morgan fingerprint density at radius 1 is 1.02 bits per heavy atom. The molecule has 3 aliphatic heterocycles. The van der Waals surface area contributed by atoms with Crippen molar-refractivity contribution in [2.45, 2.75) is 123 Å². The Balaban J connectivity index is 1.30. The van der Waals surface area contributed by atoms with Gasteiger partial charge in [-0.05, 0) is 73.0 Å². The van der Waals surface area contributed by atoms with Gasteiger partial charge in [-0.15, -0.1) is 0 Å². The molecule has 0 radical (unpaired) electrons. The summed E-state index contributed by atoms with van der Waals surface area (Å²) in [4.78, 5) is 14.5. The first-order valence-corrected chi connectivity index (χ1v) is 19.2. The minimum absolute atomic E-state index is 0.0551. The molecule has 3 saturated heterocycles. The third-order valence-corrected chi connectivity index (χ3v) is 12.4. The molecule has 4 bridgehead atoms. The van der Waals surface area contributed by atoms with E-state index in [9.17, 15) is 8.42 Å². The number of ether oxygens (including phenoxy) is 1. The highest BCUT2D eigenvalue weighted by molar-refractivity contribution is 7.90. The summed E-state index contributed by atoms with van der Waals surface area (Å²) in [5, 5.41) is 6.63. The van der Waals surface area contributed by atoms with Crippen LogP contribution in [0.3, 0.4) is 0 Å². The number of nitrogens with one attached hydrogen (secondary N) is 3. The van der Waals surface area contributed by atoms with Gasteiger partial charge in [0.1, 0.15) is 18.3 Å². The van der Waals surface area contributed by atoms with Crippen LogP contribution in [0.25, 0.3) is 0 Å². The van der Waals surface area contributed by atoms with Crippen molar-refractivity contribution < 1.29 is 13.2 Å². The van der Waals surface area contributed by atoms with Crippen molar-refractivity contribution >= 4 is 15.7 Å². The lowest BCUT2D eigenvalue weighted by atomic mass is 9.84. The Morgan fingerprint density at radius 3 is 2.38 bits per heavy atom. The second-order valence-corrected chi connectivity index (χ2v) is 18.7. The average molecular weight is 668 g/mol. The molecule has 1 aromatic carbocycles. The van der Waals surface area contributed by atoms with Crippen molar-refractivity contribution in [2.24, 2.45) is 16.7 Å². The van der Waals surface area contributed by atoms with Crippen molar-refractivity contribution in [1.82, 2.24) is 30.2 Å². The van der Waals surface area contributed by atoms with E-state index in [1.807, 2.05) is 12.4 Å². The summed E-state index contributed by atoms with van der Waals surface area (Å²) < 4.78 is 37.6. The molecular formula is C36H57N7O3S. The van der Waals surface area contributed by atoms with E-state index in [0.29, 0.717) is 37.8 Å². The SMILES string of the molecule is Cc1cccc(C)c1C1CC2NC(N1)NS(=O)(=O)C1CCCC(C1)CN(Cc1ncc(N3CC(C)(C)C3)cn1)[C@H](CC(C)(C)C)CO2. The first kappa shape index (κ1) is 34.7. The molecule has 4 aliphatic rings. The second kappa shape index (κ2) is 13.6. The molecule has 5 unspecified atom stereocenters. The number of rotatable bonds is 5. The molecule has 2 aromatic rings. The van der Waals surface area contributed by atoms with Gasteiger partial charge in [0.25, 0.3) is 0 Å². The van der Waals surface area contributed by atoms with Crippen LogP contribution in [0.5, 0.6) is 0 Å². The van der Waals surface area contributed by atoms with Gasteiger partial charge in [0.2, 0.25) is 10.0 Å². The van der Waals surface area contributed by atoms with Crippen molar-refractivity contribution in [1.29, 1.82) is 0 Å². The third kappa shape index (κ3) is 8.54. The van der Waals surface area contributed by atoms with Crippen molar-refractivity contribution in [3.8, 4) is 0 Å². The van der Waals surface area contributed by atoms with Crippen LogP contribution in [0.1, 0.15) is 102 Å². The van der Waals surface area contributed by atoms with Gasteiger partial charge in [0.15, 0.2) is 0 Å². The van der Waals surface area contributed by atoms with Gasteiger partial charge in [0, 0.05) is 38.1 Å². The molecule has 0 amide bonds. The summed E-state index contributed by atoms with van der Waals surface area (Å²) in [5.74, 6) is 1.06. The van der Waals surface area contributed by atoms with Gasteiger partial charge in [-0.3, -0.25) is 15.5 Å². The van der Waals surface area contributed by atoms with Crippen molar-refractivity contribution in [3.63, 3.8) is 0 Å². The smallest absolute Gasteiger partial charge is 0.216 e. The number of nitrogens with zero attached hydrogens (tertiary/aromatic N) is 4. The summed E-state index contributed by atoms with van der Waals surface area (Å²) >= 11 is 0. The van der Waals surface area contributed by atoms with Crippen molar-refractivity contribution in [2.75, 3.05) is 31.1 Å². The molecule has 1 saturated carbocycles. The number of aryl methyl sites for hydroxylation is 2. The van der Waals surface area contributed by atoms with Crippen LogP contribution in [0.15, 0.2) is 30.6 Å². The lowest BCUT2D eigenvalue weighted by Crippen LogP contribution is -2.64. The Bertz CT molecular complexity index is 1460. The van der Waals surface area contributed by atoms with Gasteiger partial charge < -0.3 is 9.64 Å². The van der Waals surface area contributed by atoms with Crippen LogP contribution >= 0.6 is 0 Å². The standard InChI is InChI=1S/C36H57N7O3S/c1-24-10-8-11-25(2)33(24)30-15-32-40-34(39-30)41-47(44,45)29-13-9-12-26(14-29)19-42(27(21-46-32)16-35(3,4)5)20-31-37-17-28(18-38-31)43-22-36(6,7)23-43/h8,10-11,17-18,26-27,29-30,32,34,39-41H,9,12-16,19-23H2,1-7H3/t26?,27-,29?,30?,32?,34?/m1/s1. The molecule has 3 N–H and O–H groups in total. The highest BCUT2D eigenvalue weighted by Crippen LogP contribution is 2.35. The second-order valence-electron chi connectivity index (χ2n) is 16.7. The lowest BCUT2D eigenvalue weighted by Gasteiger charge is -2.47. The van der Waals surface area contributed by atoms with Crippen LogP contribution in [0, 0.1) is 30.6 Å². The van der Waals surface area contributed by atoms with E-state index in [0.717, 1.165) is 50.4 Å². The summed E-state index contributed by atoms with van der Waals surface area (Å²) in [6, 6.07) is 6.39. The number of fused-ring (bicyclic) bond motifs is 4. The maximum absolute atomic E-state index is 13.9. The highest BCUT2D eigenvalue weighted by Gasteiger charge is 2.40. The monoisotopic (exact) mass is 667 g/mol. The van der Waals surface area contributed by atoms with Gasteiger partial charge in [-0.1, -0.05) is 59.2 Å². The number of benzene rings is 1. The van der Waals surface area contributed by atoms with E-state index in [2.05, 4.69) is 91.8 Å². The largest absolute Gasteiger partial charge is 0.368 e. The fourth-order valence-electron chi connectivity index (χ4n) is 8.34. The molecule has 47 heavy (non-hydrogen) atoms. The molecular weight excluding hydrogens is 611 g/mol. The Hall–Kier alpha value is -2.15. The molecule has 0 spiro atoms. The van der Waals surface area contributed by atoms with Crippen LogP contribution < -0.4 is 20.3 Å². The lowest BCUT2D eigenvalue weighted by molar-refractivity contribution is -0.0518. The average Bonchev–Trinajstić information content (AvgIpc) is 2.97. The normalized spacial score (nSPS) is 31.6. The van der Waals surface area contributed by atoms with Gasteiger partial charge in [-0.2, -0.15) is 4.72 Å². The van der Waals surface area contributed by atoms with Gasteiger partial charge in [0.05, 0.1) is 36.5 Å². The van der Waals surface area contributed by atoms with Crippen molar-refractivity contribution in [3.05, 3.63) is 53.1 Å². The Kier molecular flexibility index (Phi) is 10.1. The predicted octanol–water partition coefficient (Wildman–Crippen LogP) is 4.99. The van der Waals surface area contributed by atoms with E-state index in [1.165, 1.54) is 16.7 Å². The fraction of sp³-hybridized carbons (Fsp3) is 0.722. The van der Waals surface area contributed by atoms with Gasteiger partial charge in [-0.25, -0.2) is 18.4 Å². The number of hydrogen-bond acceptors (Lipinski definition) is 9. The van der Waals surface area contributed by atoms with E-state index in [-0.39, 0.29) is 29.6 Å². The number of hydrogen-bond donors (Lipinski definition) is 3. The number of sulfonamides is 1. The molecule has 1 aromatic heterocycles. The quantitative estimate of drug-likeness (QED) is 0.406. The zero-order valence-corrected chi connectivity index (χ0v) is 30.4. The molecule has 6 atom stereocenters. The third-order valence-electron chi connectivity index (χ3n) is 10.5. The molecule has 4 heterocycles. The van der Waals surface area contributed by atoms with E-state index >= 15 is 0 Å². The molecule has 1 aliphatic carbocycles. The summed E-state index contributed by atoms with van der Waals surface area (Å²) in [6.45, 7) is 19.7. The van der Waals surface area contributed by atoms with Crippen LogP contribution in [-0.4, -0.2) is 73.3 Å². The molecule has 4 fully saturated rings. The van der Waals surface area contributed by atoms with E-state index in [4.69, 9.17) is 14.7 Å². The number of aromatic nitrogens is 2. The van der Waals surface area contributed by atoms with Crippen LogP contribution in [0.4, 0.5) is 5.69 Å². The topological polar surface area (TPSA) is 112 Å². The molecule has 6 rings (SSSR count). The predicted molar refractivity (Wildman–Crippen MR) is 187 cm³/mol. The molecule has 10 nitrogen and oxygen atoms in total.